The van der Waals surface area contributed by atoms with Crippen molar-refractivity contribution in [2.45, 2.75) is 33.1 Å². The van der Waals surface area contributed by atoms with Crippen LogP contribution in [0, 0.1) is 6.92 Å². The summed E-state index contributed by atoms with van der Waals surface area (Å²) in [6.45, 7) is 8.96. The van der Waals surface area contributed by atoms with Crippen molar-refractivity contribution in [2.24, 2.45) is 0 Å². The van der Waals surface area contributed by atoms with E-state index in [1.807, 2.05) is 11.3 Å². The molecule has 1 heterocycles. The number of benzene rings is 1. The van der Waals surface area contributed by atoms with Gasteiger partial charge >= 0.3 is 0 Å². The minimum absolute atomic E-state index is 0.221. The molecule has 0 radical (unpaired) electrons. The summed E-state index contributed by atoms with van der Waals surface area (Å²) in [7, 11) is 0. The van der Waals surface area contributed by atoms with Gasteiger partial charge in [0.25, 0.3) is 0 Å². The highest BCUT2D eigenvalue weighted by Crippen LogP contribution is 2.37. The Morgan fingerprint density at radius 2 is 1.81 bits per heavy atom. The fourth-order valence-corrected chi connectivity index (χ4v) is 3.01. The van der Waals surface area contributed by atoms with E-state index in [0.717, 1.165) is 0 Å². The molecule has 0 unspecified atom stereocenters. The number of rotatable bonds is 1. The van der Waals surface area contributed by atoms with Crippen molar-refractivity contribution in [2.75, 3.05) is 0 Å². The largest absolute Gasteiger partial charge is 0.144 e. The van der Waals surface area contributed by atoms with Crippen LogP contribution in [0.4, 0.5) is 0 Å². The predicted molar refractivity (Wildman–Crippen MR) is 73.2 cm³/mol. The van der Waals surface area contributed by atoms with Crippen LogP contribution in [0.5, 0.6) is 0 Å². The average molecular weight is 230 g/mol. The van der Waals surface area contributed by atoms with Gasteiger partial charge < -0.3 is 0 Å². The maximum absolute atomic E-state index is 2.27. The average Bonchev–Trinajstić information content (AvgIpc) is 2.65. The summed E-state index contributed by atoms with van der Waals surface area (Å²) >= 11 is 1.84. The molecule has 2 aromatic rings. The molecule has 0 aliphatic carbocycles. The Balaban J connectivity index is 2.53. The van der Waals surface area contributed by atoms with Crippen molar-refractivity contribution in [1.82, 2.24) is 0 Å². The van der Waals surface area contributed by atoms with E-state index in [2.05, 4.69) is 63.4 Å². The number of hydrogen-bond acceptors (Lipinski definition) is 1. The predicted octanol–water partition coefficient (Wildman–Crippen LogP) is 5.02. The van der Waals surface area contributed by atoms with E-state index in [1.165, 1.54) is 21.6 Å². The molecule has 0 amide bonds. The molecule has 0 aliphatic heterocycles. The minimum atomic E-state index is 0.221. The second kappa shape index (κ2) is 4.06. The monoisotopic (exact) mass is 230 g/mol. The van der Waals surface area contributed by atoms with E-state index in [4.69, 9.17) is 0 Å². The van der Waals surface area contributed by atoms with Crippen molar-refractivity contribution in [3.8, 4) is 10.4 Å². The first-order chi connectivity index (χ1) is 7.48. The summed E-state index contributed by atoms with van der Waals surface area (Å²) in [6, 6.07) is 11.0. The number of hydrogen-bond donors (Lipinski definition) is 0. The van der Waals surface area contributed by atoms with Gasteiger partial charge in [0.2, 0.25) is 0 Å². The van der Waals surface area contributed by atoms with Crippen LogP contribution in [0.2, 0.25) is 0 Å². The summed E-state index contributed by atoms with van der Waals surface area (Å²) in [5, 5.41) is 2.19. The SMILES string of the molecule is Cc1cccc(-c2sccc2C(C)(C)C)c1. The van der Waals surface area contributed by atoms with Gasteiger partial charge in [-0.3, -0.25) is 0 Å². The maximum atomic E-state index is 2.27. The molecule has 0 bridgehead atoms. The fraction of sp³-hybridized carbons (Fsp3) is 0.333. The van der Waals surface area contributed by atoms with Gasteiger partial charge in [0.05, 0.1) is 0 Å². The van der Waals surface area contributed by atoms with Gasteiger partial charge in [0.1, 0.15) is 0 Å². The van der Waals surface area contributed by atoms with Crippen LogP contribution < -0.4 is 0 Å². The van der Waals surface area contributed by atoms with Gasteiger partial charge in [-0.25, -0.2) is 0 Å². The Morgan fingerprint density at radius 1 is 1.06 bits per heavy atom. The van der Waals surface area contributed by atoms with Crippen molar-refractivity contribution in [3.05, 3.63) is 46.8 Å². The zero-order valence-corrected chi connectivity index (χ0v) is 11.2. The van der Waals surface area contributed by atoms with Gasteiger partial charge in [-0.15, -0.1) is 11.3 Å². The lowest BCUT2D eigenvalue weighted by Crippen LogP contribution is -2.10. The summed E-state index contributed by atoms with van der Waals surface area (Å²) in [6.07, 6.45) is 0. The van der Waals surface area contributed by atoms with E-state index in [0.29, 0.717) is 0 Å². The van der Waals surface area contributed by atoms with Gasteiger partial charge in [0, 0.05) is 4.88 Å². The molecule has 1 aromatic carbocycles. The molecule has 0 atom stereocenters. The Labute approximate surface area is 102 Å². The van der Waals surface area contributed by atoms with Gasteiger partial charge in [-0.2, -0.15) is 0 Å². The number of thiophene rings is 1. The normalized spacial score (nSPS) is 11.8. The Morgan fingerprint density at radius 3 is 2.44 bits per heavy atom. The highest BCUT2D eigenvalue weighted by atomic mass is 32.1. The first kappa shape index (κ1) is 11.4. The van der Waals surface area contributed by atoms with Gasteiger partial charge in [-0.05, 0) is 34.9 Å². The second-order valence-corrected chi connectivity index (χ2v) is 6.20. The van der Waals surface area contributed by atoms with Crippen molar-refractivity contribution >= 4 is 11.3 Å². The van der Waals surface area contributed by atoms with Crippen LogP contribution in [-0.2, 0) is 5.41 Å². The van der Waals surface area contributed by atoms with Crippen molar-refractivity contribution < 1.29 is 0 Å². The molecule has 0 fully saturated rings. The lowest BCUT2D eigenvalue weighted by atomic mass is 9.86. The van der Waals surface area contributed by atoms with Gasteiger partial charge in [0.15, 0.2) is 0 Å². The summed E-state index contributed by atoms with van der Waals surface area (Å²) in [5.41, 5.74) is 4.34. The highest BCUT2D eigenvalue weighted by Gasteiger charge is 2.19. The zero-order chi connectivity index (χ0) is 11.8. The summed E-state index contributed by atoms with van der Waals surface area (Å²) < 4.78 is 0. The molecule has 0 saturated carbocycles. The maximum Gasteiger partial charge on any atom is 0.0380 e. The molecular formula is C15H18S. The Hall–Kier alpha value is -1.08. The Kier molecular flexibility index (Phi) is 2.90. The molecule has 0 saturated heterocycles. The first-order valence-electron chi connectivity index (χ1n) is 5.63. The topological polar surface area (TPSA) is 0 Å². The minimum Gasteiger partial charge on any atom is -0.144 e. The van der Waals surface area contributed by atoms with Crippen molar-refractivity contribution in [1.29, 1.82) is 0 Å². The van der Waals surface area contributed by atoms with E-state index in [9.17, 15) is 0 Å². The molecule has 1 heteroatoms. The van der Waals surface area contributed by atoms with Crippen LogP contribution in [0.1, 0.15) is 31.9 Å². The second-order valence-electron chi connectivity index (χ2n) is 5.28. The lowest BCUT2D eigenvalue weighted by Gasteiger charge is -2.19. The molecule has 84 valence electrons. The molecule has 0 spiro atoms. The lowest BCUT2D eigenvalue weighted by molar-refractivity contribution is 0.594. The third kappa shape index (κ3) is 2.19. The van der Waals surface area contributed by atoms with Crippen molar-refractivity contribution in [3.63, 3.8) is 0 Å². The third-order valence-electron chi connectivity index (χ3n) is 2.75. The Bertz CT molecular complexity index is 486. The van der Waals surface area contributed by atoms with E-state index < -0.39 is 0 Å². The molecule has 1 aromatic heterocycles. The summed E-state index contributed by atoms with van der Waals surface area (Å²) in [4.78, 5) is 1.41. The van der Waals surface area contributed by atoms with E-state index >= 15 is 0 Å². The number of aryl methyl sites for hydroxylation is 1. The summed E-state index contributed by atoms with van der Waals surface area (Å²) in [5.74, 6) is 0. The van der Waals surface area contributed by atoms with Crippen LogP contribution in [0.15, 0.2) is 35.7 Å². The third-order valence-corrected chi connectivity index (χ3v) is 3.72. The zero-order valence-electron chi connectivity index (χ0n) is 10.4. The molecule has 16 heavy (non-hydrogen) atoms. The van der Waals surface area contributed by atoms with Crippen LogP contribution in [0.25, 0.3) is 10.4 Å². The molecule has 0 aliphatic rings. The highest BCUT2D eigenvalue weighted by molar-refractivity contribution is 7.13. The fourth-order valence-electron chi connectivity index (χ4n) is 1.91. The standard InChI is InChI=1S/C15H18S/c1-11-6-5-7-12(10-11)14-13(8-9-16-14)15(2,3)4/h5-10H,1-4H3. The van der Waals surface area contributed by atoms with Crippen LogP contribution in [0.3, 0.4) is 0 Å². The van der Waals surface area contributed by atoms with E-state index in [-0.39, 0.29) is 5.41 Å². The molecule has 0 nitrogen and oxygen atoms in total. The van der Waals surface area contributed by atoms with Crippen LogP contribution >= 0.6 is 11.3 Å². The first-order valence-corrected chi connectivity index (χ1v) is 6.51. The smallest absolute Gasteiger partial charge is 0.0380 e. The van der Waals surface area contributed by atoms with Gasteiger partial charge in [-0.1, -0.05) is 50.6 Å². The van der Waals surface area contributed by atoms with E-state index in [1.54, 1.807) is 0 Å². The van der Waals surface area contributed by atoms with Crippen LogP contribution in [-0.4, -0.2) is 0 Å². The molecule has 0 N–H and O–H groups in total. The molecule has 2 rings (SSSR count). The quantitative estimate of drug-likeness (QED) is 0.645. The molecular weight excluding hydrogens is 212 g/mol.